The second-order valence-corrected chi connectivity index (χ2v) is 35.4. The molecule has 20 rings (SSSR count). The Morgan fingerprint density at radius 2 is 0.581 bits per heavy atom. The first-order chi connectivity index (χ1) is 70.1. The molecule has 10 aromatic rings. The average Bonchev–Trinajstić information content (AvgIpc) is 1.55. The number of nitrogens with zero attached hydrogens (tertiary/aromatic N) is 16. The van der Waals surface area contributed by atoms with E-state index in [0.29, 0.717) is 34.0 Å². The third-order valence-electron chi connectivity index (χ3n) is 26.2. The Morgan fingerprint density at radius 1 is 0.297 bits per heavy atom. The molecule has 8 aromatic carbocycles. The van der Waals surface area contributed by atoms with Crippen molar-refractivity contribution < 1.29 is 111 Å². The number of pyridine rings is 2. The van der Waals surface area contributed by atoms with Gasteiger partial charge in [-0.15, -0.1) is 0 Å². The maximum Gasteiger partial charge on any atom is 0.251 e. The highest BCUT2D eigenvalue weighted by Gasteiger charge is 2.70. The normalized spacial score (nSPS) is 19.9. The van der Waals surface area contributed by atoms with Gasteiger partial charge in [0.1, 0.15) is 68.1 Å². The van der Waals surface area contributed by atoms with E-state index in [1.807, 2.05) is 12.1 Å². The van der Waals surface area contributed by atoms with E-state index in [2.05, 4.69) is 19.7 Å². The van der Waals surface area contributed by atoms with Gasteiger partial charge in [-0.2, -0.15) is 10.5 Å². The van der Waals surface area contributed by atoms with Crippen molar-refractivity contribution >= 4 is 244 Å². The van der Waals surface area contributed by atoms with E-state index in [1.54, 1.807) is 25.1 Å². The molecule has 10 aliphatic rings. The van der Waals surface area contributed by atoms with Crippen molar-refractivity contribution in [2.75, 3.05) is 113 Å². The van der Waals surface area contributed by atoms with E-state index >= 15 is 0 Å². The van der Waals surface area contributed by atoms with Crippen LogP contribution in [0.25, 0.3) is 9.69 Å². The summed E-state index contributed by atoms with van der Waals surface area (Å²) < 4.78 is 5.25. The number of amides is 20. The van der Waals surface area contributed by atoms with Gasteiger partial charge >= 0.3 is 0 Å². The number of methoxy groups -OCH3 is 1. The molecule has 0 bridgehead atoms. The van der Waals surface area contributed by atoms with Gasteiger partial charge in [0.2, 0.25) is 76.4 Å². The van der Waals surface area contributed by atoms with Crippen LogP contribution in [-0.4, -0.2) is 145 Å². The molecule has 49 heteroatoms. The Labute approximate surface area is 833 Å². The summed E-state index contributed by atoms with van der Waals surface area (Å²) in [7, 11) is 1.38. The fraction of sp³-hybridized carbons (Fsp3) is 0.172. The molecule has 22 N–H and O–H groups in total. The van der Waals surface area contributed by atoms with Crippen molar-refractivity contribution in [2.24, 2.45) is 27.1 Å². The quantitative estimate of drug-likeness (QED) is 0.0275. The first-order valence-electron chi connectivity index (χ1n) is 43.9. The highest BCUT2D eigenvalue weighted by atomic mass is 16.5. The molecule has 0 aliphatic carbocycles. The number of anilines is 20. The van der Waals surface area contributed by atoms with Crippen molar-refractivity contribution in [1.29, 1.82) is 10.5 Å². The predicted octanol–water partition coefficient (Wildman–Crippen LogP) is 4.68. The Morgan fingerprint density at radius 3 is 0.939 bits per heavy atom. The van der Waals surface area contributed by atoms with Crippen LogP contribution < -0.4 is 111 Å². The van der Waals surface area contributed by atoms with E-state index in [0.717, 1.165) is 61.1 Å². The van der Waals surface area contributed by atoms with Crippen LogP contribution in [-0.2, 0) is 95.9 Å². The van der Waals surface area contributed by atoms with E-state index in [-0.39, 0.29) is 132 Å². The Kier molecular flexibility index (Phi) is 25.0. The summed E-state index contributed by atoms with van der Waals surface area (Å²) in [6.45, 7) is 16.2. The Bertz CT molecular complexity index is 7550. The molecule has 0 unspecified atom stereocenters. The first-order valence-corrected chi connectivity index (χ1v) is 43.9. The zero-order valence-electron chi connectivity index (χ0n) is 77.3. The number of ether oxygens (including phenoxy) is 1. The van der Waals surface area contributed by atoms with Crippen molar-refractivity contribution in [3.63, 3.8) is 0 Å². The number of aryl methyl sites for hydroxylation is 1. The number of phenols is 2. The van der Waals surface area contributed by atoms with Gasteiger partial charge in [0.15, 0.2) is 0 Å². The number of nitriles is 2. The molecule has 10 fully saturated rings. The van der Waals surface area contributed by atoms with Crippen LogP contribution in [0.1, 0.15) is 80.9 Å². The lowest BCUT2D eigenvalue weighted by Crippen LogP contribution is -2.42. The number of aromatic hydroxyl groups is 2. The molecule has 3 atom stereocenters. The number of aromatic nitrogens is 2. The molecule has 20 amide bonds. The summed E-state index contributed by atoms with van der Waals surface area (Å²) in [5, 5.41) is 38.1. The summed E-state index contributed by atoms with van der Waals surface area (Å²) in [6, 6.07) is 42.7. The van der Waals surface area contributed by atoms with E-state index in [1.165, 1.54) is 159 Å². The predicted molar refractivity (Wildman–Crippen MR) is 524 cm³/mol. The third kappa shape index (κ3) is 16.3. The number of nitrogen functional groups attached to an aromatic ring is 10. The largest absolute Gasteiger partial charge is 0.506 e. The van der Waals surface area contributed by atoms with Crippen LogP contribution in [0.15, 0.2) is 182 Å². The third-order valence-corrected chi connectivity index (χ3v) is 26.2. The molecule has 12 heterocycles. The van der Waals surface area contributed by atoms with E-state index < -0.39 is 203 Å². The SMILES string of the molecule is COc1cc(N)ccc1N1C(=O)C[C@]2(CC(=O)N(c3ccc(N)cc3C)C2=O)C1=O.Nc1ccc(N2C(=O)CC3(CC(=O)N(c4ccc(N)c(O)c4)C3=O)C2=O)cc1O.Nc1ccc(N2C(=O)CC3(CC(=O)N(c4ccc(N)cn4)C3=O)C2=O)nc1.[C-]#[N+]c1cc(N)ccc1N1C(=O)C[C@]2(CC(=O)N(c3ccc(N)cc3C#N)C2=O)C1=O.[C-]#[N+]c1cc(N2C(=O)C[C@]3(CC(=O)N(c4ccc(N)c(C#N)c4)C3=O)C2=O)ccc1N. The van der Waals surface area contributed by atoms with Gasteiger partial charge < -0.3 is 72.3 Å². The lowest BCUT2D eigenvalue weighted by molar-refractivity contribution is -0.137. The number of carbonyl (C=O) groups excluding carboxylic acids is 20. The minimum atomic E-state index is -1.93. The zero-order chi connectivity index (χ0) is 107. The molecule has 10 aliphatic heterocycles. The molecule has 5 spiro atoms. The Hall–Kier alpha value is -21.2. The molecule has 148 heavy (non-hydrogen) atoms. The van der Waals surface area contributed by atoms with Crippen LogP contribution in [0.4, 0.5) is 125 Å². The lowest BCUT2D eigenvalue weighted by atomic mass is 9.84. The maximum atomic E-state index is 13.4. The minimum Gasteiger partial charge on any atom is -0.506 e. The smallest absolute Gasteiger partial charge is 0.251 e. The minimum absolute atomic E-state index is 0.0000254. The standard InChI is InChI=1S/2C21H14N6O4.C21H20N4O5.C19H16N4O6.C17H14N6O4/c1-25-14-7-13(24)3-5-16(14)27-18(29)9-21(20(27)31)8-17(28)26(19(21)30)15-4-2-12(23)6-11(15)10-22;1-25-16-7-13(3-5-15(16)24)27-18(29)9-21(20(27)31)8-17(28)26(19(21)30)12-2-4-14(23)11(6-12)10-22;1-11-7-12(22)3-5-14(11)24-17(26)9-21(19(24)28)10-18(27)25(20(21)29)15-6-4-13(23)8-16(15)30-2;20-11-3-1-9(5-13(11)24)22-15(26)7-19(17(22)28)8-16(27)23(18(19)29)10-2-4-12(21)14(25)6-10;18-9-1-3-11(20-7-9)22-13(24)5-17(15(22)26)6-14(25)23(16(17)27)12-4-2-10(19)8-21-12/h2*2-7H,8-9,23-24H2;3-8H,9-10,22-23H2,1-2H3;1-6,24-25H,7-8,20-21H2;1-4,7-8H,5-6,18-19H2/t3*21-;;/m000../s1. The van der Waals surface area contributed by atoms with Gasteiger partial charge in [0.25, 0.3) is 53.2 Å². The maximum absolute atomic E-state index is 13.4. The van der Waals surface area contributed by atoms with Gasteiger partial charge in [-0.05, 0) is 164 Å². The number of nitrogens with two attached hydrogens (primary N) is 10. The van der Waals surface area contributed by atoms with Crippen molar-refractivity contribution in [3.8, 4) is 29.4 Å². The highest BCUT2D eigenvalue weighted by Crippen LogP contribution is 2.55. The van der Waals surface area contributed by atoms with Crippen LogP contribution >= 0.6 is 0 Å². The van der Waals surface area contributed by atoms with Crippen LogP contribution in [0, 0.1) is 69.8 Å². The Balaban J connectivity index is 0.000000132. The zero-order valence-corrected chi connectivity index (χ0v) is 77.3. The van der Waals surface area contributed by atoms with Gasteiger partial charge in [-0.1, -0.05) is 0 Å². The summed E-state index contributed by atoms with van der Waals surface area (Å²) >= 11 is 0. The molecule has 0 saturated carbocycles. The van der Waals surface area contributed by atoms with Gasteiger partial charge in [-0.3, -0.25) is 106 Å². The summed E-state index contributed by atoms with van der Waals surface area (Å²) in [5.74, 6) is -14.9. The molecule has 10 saturated heterocycles. The number of imide groups is 10. The number of phenolic OH excluding ortho intramolecular Hbond substituents is 2. The molecule has 2 aromatic heterocycles. The van der Waals surface area contributed by atoms with Gasteiger partial charge in [-0.25, -0.2) is 58.9 Å². The fourth-order valence-electron chi connectivity index (χ4n) is 18.8. The highest BCUT2D eigenvalue weighted by molar-refractivity contribution is 6.43. The van der Waals surface area contributed by atoms with Crippen molar-refractivity contribution in [1.82, 2.24) is 9.97 Å². The molecule has 0 radical (unpaired) electrons. The molecular weight excluding hydrogens is 1920 g/mol. The molecular formula is C99H78N26O23. The van der Waals surface area contributed by atoms with Crippen LogP contribution in [0.2, 0.25) is 0 Å². The lowest BCUT2D eigenvalue weighted by Gasteiger charge is -2.22. The van der Waals surface area contributed by atoms with Gasteiger partial charge in [0, 0.05) is 58.0 Å². The monoisotopic (exact) mass is 2000 g/mol. The summed E-state index contributed by atoms with van der Waals surface area (Å²) in [5.41, 5.74) is 51.4. The first kappa shape index (κ1) is 99.8. The van der Waals surface area contributed by atoms with E-state index in [4.69, 9.17) is 80.5 Å². The summed E-state index contributed by atoms with van der Waals surface area (Å²) in [6.07, 6.45) is -1.98. The fourth-order valence-corrected chi connectivity index (χ4v) is 18.8. The number of hydrogen-bond acceptors (Lipinski definition) is 37. The number of rotatable bonds is 11. The number of benzene rings is 8. The number of carbonyl (C=O) groups is 20. The van der Waals surface area contributed by atoms with E-state index in [9.17, 15) is 111 Å². The van der Waals surface area contributed by atoms with Crippen LogP contribution in [0.3, 0.4) is 0 Å². The second-order valence-electron chi connectivity index (χ2n) is 35.4. The molecule has 49 nitrogen and oxygen atoms in total. The summed E-state index contributed by atoms with van der Waals surface area (Å²) in [4.78, 5) is 282. The van der Waals surface area contributed by atoms with Gasteiger partial charge in [0.05, 0.1) is 171 Å². The average molecular weight is 2000 g/mol. The molecule has 742 valence electrons. The second kappa shape index (κ2) is 37.1. The topological polar surface area (TPSA) is 766 Å². The van der Waals surface area contributed by atoms with Crippen molar-refractivity contribution in [3.05, 3.63) is 222 Å². The number of hydrogen-bond donors (Lipinski definition) is 12. The van der Waals surface area contributed by atoms with Crippen molar-refractivity contribution in [2.45, 2.75) is 71.1 Å². The van der Waals surface area contributed by atoms with Crippen LogP contribution in [0.5, 0.6) is 17.2 Å².